The van der Waals surface area contributed by atoms with E-state index < -0.39 is 0 Å². The van der Waals surface area contributed by atoms with Gasteiger partial charge in [0, 0.05) is 12.1 Å². The van der Waals surface area contributed by atoms with Gasteiger partial charge in [-0.3, -0.25) is 4.79 Å². The van der Waals surface area contributed by atoms with E-state index >= 15 is 0 Å². The van der Waals surface area contributed by atoms with E-state index in [2.05, 4.69) is 46.4 Å². The number of hydrogen-bond donors (Lipinski definition) is 2. The van der Waals surface area contributed by atoms with Gasteiger partial charge in [-0.05, 0) is 54.2 Å². The number of hydrogen-bond acceptors (Lipinski definition) is 2. The van der Waals surface area contributed by atoms with Crippen LogP contribution >= 0.6 is 12.2 Å². The highest BCUT2D eigenvalue weighted by Gasteiger charge is 2.16. The number of benzene rings is 3. The van der Waals surface area contributed by atoms with Crippen LogP contribution < -0.4 is 10.9 Å². The van der Waals surface area contributed by atoms with Crippen molar-refractivity contribution in [1.82, 2.24) is 15.2 Å². The van der Waals surface area contributed by atoms with Gasteiger partial charge in [-0.2, -0.15) is 0 Å². The molecule has 1 heterocycles. The second kappa shape index (κ2) is 9.79. The van der Waals surface area contributed by atoms with Gasteiger partial charge in [-0.15, -0.1) is 0 Å². The molecule has 0 aliphatic rings. The third-order valence-electron chi connectivity index (χ3n) is 5.67. The van der Waals surface area contributed by atoms with E-state index in [0.29, 0.717) is 23.8 Å². The molecule has 4 rings (SSSR count). The predicted octanol–water partition coefficient (Wildman–Crippen LogP) is 5.47. The van der Waals surface area contributed by atoms with Gasteiger partial charge in [0.25, 0.3) is 5.56 Å². The molecule has 32 heavy (non-hydrogen) atoms. The van der Waals surface area contributed by atoms with Crippen molar-refractivity contribution in [3.63, 3.8) is 0 Å². The Kier molecular flexibility index (Phi) is 6.66. The summed E-state index contributed by atoms with van der Waals surface area (Å²) in [5.74, 6) is 0. The highest BCUT2D eigenvalue weighted by molar-refractivity contribution is 7.80. The fourth-order valence-corrected chi connectivity index (χ4v) is 4.16. The number of para-hydroxylation sites is 1. The van der Waals surface area contributed by atoms with Gasteiger partial charge in [0.15, 0.2) is 5.11 Å². The van der Waals surface area contributed by atoms with Gasteiger partial charge in [0.05, 0.1) is 18.1 Å². The number of H-pyrrole nitrogens is 1. The van der Waals surface area contributed by atoms with Crippen molar-refractivity contribution < 1.29 is 0 Å². The molecule has 5 heteroatoms. The smallest absolute Gasteiger partial charge is 0.253 e. The van der Waals surface area contributed by atoms with Gasteiger partial charge in [0.1, 0.15) is 0 Å². The van der Waals surface area contributed by atoms with E-state index in [0.717, 1.165) is 27.6 Å². The SMILES string of the molecule is Cc1cccc2cc(CN(Cc3ccccc3)C(=S)N[C@@H](C)c3ccccc3)c(=O)[nH]c12. The minimum absolute atomic E-state index is 0.0551. The molecule has 0 saturated carbocycles. The van der Waals surface area contributed by atoms with E-state index in [-0.39, 0.29) is 11.6 Å². The maximum absolute atomic E-state index is 12.9. The van der Waals surface area contributed by atoms with Crippen LogP contribution in [0.3, 0.4) is 0 Å². The average Bonchev–Trinajstić information content (AvgIpc) is 2.81. The standard InChI is InChI=1S/C27H27N3OS/c1-19-10-9-15-23-16-24(26(31)29-25(19)23)18-30(17-21-11-5-3-6-12-21)27(32)28-20(2)22-13-7-4-8-14-22/h3-16,20H,17-18H2,1-2H3,(H,28,32)(H,29,31)/t20-/m0/s1. The Balaban J connectivity index is 1.62. The van der Waals surface area contributed by atoms with E-state index in [1.165, 1.54) is 0 Å². The molecule has 0 saturated heterocycles. The molecule has 0 amide bonds. The van der Waals surface area contributed by atoms with E-state index in [1.54, 1.807) is 0 Å². The lowest BCUT2D eigenvalue weighted by molar-refractivity contribution is 0.392. The highest BCUT2D eigenvalue weighted by atomic mass is 32.1. The summed E-state index contributed by atoms with van der Waals surface area (Å²) in [6.45, 7) is 5.12. The lowest BCUT2D eigenvalue weighted by atomic mass is 10.1. The number of aromatic nitrogens is 1. The summed E-state index contributed by atoms with van der Waals surface area (Å²) in [5.41, 5.74) is 4.85. The van der Waals surface area contributed by atoms with Crippen molar-refractivity contribution in [3.05, 3.63) is 118 Å². The molecule has 3 aromatic carbocycles. The van der Waals surface area contributed by atoms with Crippen LogP contribution in [0.25, 0.3) is 10.9 Å². The normalized spacial score (nSPS) is 11.8. The van der Waals surface area contributed by atoms with Crippen LogP contribution in [0.15, 0.2) is 89.7 Å². The number of fused-ring (bicyclic) bond motifs is 1. The maximum atomic E-state index is 12.9. The summed E-state index contributed by atoms with van der Waals surface area (Å²) < 4.78 is 0. The lowest BCUT2D eigenvalue weighted by Gasteiger charge is -2.28. The molecule has 1 aromatic heterocycles. The molecule has 0 spiro atoms. The summed E-state index contributed by atoms with van der Waals surface area (Å²) in [6.07, 6.45) is 0. The molecular weight excluding hydrogens is 414 g/mol. The van der Waals surface area contributed by atoms with Crippen LogP contribution in [0.5, 0.6) is 0 Å². The summed E-state index contributed by atoms with van der Waals surface area (Å²) in [4.78, 5) is 18.0. The van der Waals surface area contributed by atoms with Gasteiger partial charge < -0.3 is 15.2 Å². The first-order valence-corrected chi connectivity index (χ1v) is 11.2. The molecule has 0 aliphatic heterocycles. The molecule has 0 bridgehead atoms. The molecule has 4 nitrogen and oxygen atoms in total. The Morgan fingerprint density at radius 1 is 0.969 bits per heavy atom. The number of pyridine rings is 1. The number of nitrogens with zero attached hydrogens (tertiary/aromatic N) is 1. The highest BCUT2D eigenvalue weighted by Crippen LogP contribution is 2.18. The summed E-state index contributed by atoms with van der Waals surface area (Å²) >= 11 is 5.81. The van der Waals surface area contributed by atoms with Crippen molar-refractivity contribution in [1.29, 1.82) is 0 Å². The molecule has 4 aromatic rings. The topological polar surface area (TPSA) is 48.1 Å². The number of rotatable bonds is 6. The molecule has 0 aliphatic carbocycles. The van der Waals surface area contributed by atoms with Crippen molar-refractivity contribution in [2.24, 2.45) is 0 Å². The van der Waals surface area contributed by atoms with Crippen molar-refractivity contribution in [2.45, 2.75) is 33.0 Å². The number of aromatic amines is 1. The minimum Gasteiger partial charge on any atom is -0.356 e. The second-order valence-corrected chi connectivity index (χ2v) is 8.47. The zero-order valence-corrected chi connectivity index (χ0v) is 19.2. The molecule has 162 valence electrons. The number of aryl methyl sites for hydroxylation is 1. The van der Waals surface area contributed by atoms with Gasteiger partial charge >= 0.3 is 0 Å². The Morgan fingerprint density at radius 3 is 2.38 bits per heavy atom. The largest absolute Gasteiger partial charge is 0.356 e. The Bertz CT molecular complexity index is 1270. The Morgan fingerprint density at radius 2 is 1.66 bits per heavy atom. The fraction of sp³-hybridized carbons (Fsp3) is 0.185. The first-order chi connectivity index (χ1) is 15.5. The van der Waals surface area contributed by atoms with Gasteiger partial charge in [0.2, 0.25) is 0 Å². The van der Waals surface area contributed by atoms with Crippen molar-refractivity contribution >= 4 is 28.2 Å². The van der Waals surface area contributed by atoms with E-state index in [4.69, 9.17) is 12.2 Å². The molecular formula is C27H27N3OS. The zero-order valence-electron chi connectivity index (χ0n) is 18.3. The first kappa shape index (κ1) is 21.8. The zero-order chi connectivity index (χ0) is 22.5. The third kappa shape index (κ3) is 5.06. The van der Waals surface area contributed by atoms with Crippen LogP contribution in [0, 0.1) is 6.92 Å². The Hall–Kier alpha value is -3.44. The van der Waals surface area contributed by atoms with Crippen molar-refractivity contribution in [3.8, 4) is 0 Å². The predicted molar refractivity (Wildman–Crippen MR) is 136 cm³/mol. The molecule has 0 unspecified atom stereocenters. The van der Waals surface area contributed by atoms with E-state index in [9.17, 15) is 4.79 Å². The van der Waals surface area contributed by atoms with Crippen LogP contribution in [-0.4, -0.2) is 15.0 Å². The van der Waals surface area contributed by atoms with Crippen molar-refractivity contribution in [2.75, 3.05) is 0 Å². The quantitative estimate of drug-likeness (QED) is 0.389. The van der Waals surface area contributed by atoms with Crippen LogP contribution in [0.4, 0.5) is 0 Å². The molecule has 2 N–H and O–H groups in total. The van der Waals surface area contributed by atoms with Crippen LogP contribution in [0.1, 0.15) is 35.2 Å². The minimum atomic E-state index is -0.0798. The Labute approximate surface area is 193 Å². The number of nitrogens with one attached hydrogen (secondary N) is 2. The lowest BCUT2D eigenvalue weighted by Crippen LogP contribution is -2.41. The summed E-state index contributed by atoms with van der Waals surface area (Å²) in [5, 5.41) is 5.09. The maximum Gasteiger partial charge on any atom is 0.253 e. The van der Waals surface area contributed by atoms with Gasteiger partial charge in [-0.1, -0.05) is 78.9 Å². The summed E-state index contributed by atoms with van der Waals surface area (Å²) in [6, 6.07) is 28.5. The fourth-order valence-electron chi connectivity index (χ4n) is 3.86. The molecule has 0 fully saturated rings. The molecule has 0 radical (unpaired) electrons. The van der Waals surface area contributed by atoms with E-state index in [1.807, 2.05) is 67.6 Å². The molecule has 1 atom stereocenters. The second-order valence-electron chi connectivity index (χ2n) is 8.09. The van der Waals surface area contributed by atoms with Gasteiger partial charge in [-0.25, -0.2) is 0 Å². The van der Waals surface area contributed by atoms with Crippen LogP contribution in [0.2, 0.25) is 0 Å². The first-order valence-electron chi connectivity index (χ1n) is 10.8. The third-order valence-corrected chi connectivity index (χ3v) is 6.05. The van der Waals surface area contributed by atoms with Crippen LogP contribution in [-0.2, 0) is 13.1 Å². The average molecular weight is 442 g/mol. The summed E-state index contributed by atoms with van der Waals surface area (Å²) in [7, 11) is 0. The number of thiocarbonyl (C=S) groups is 1. The monoisotopic (exact) mass is 441 g/mol.